The van der Waals surface area contributed by atoms with Gasteiger partial charge in [0.15, 0.2) is 0 Å². The van der Waals surface area contributed by atoms with Crippen LogP contribution in [0.3, 0.4) is 0 Å². The Morgan fingerprint density at radius 1 is 0.674 bits per heavy atom. The summed E-state index contributed by atoms with van der Waals surface area (Å²) in [7, 11) is 0. The fourth-order valence-electron chi connectivity index (χ4n) is 4.84. The summed E-state index contributed by atoms with van der Waals surface area (Å²) >= 11 is 0. The first kappa shape index (κ1) is 43.2. The molecule has 0 heterocycles. The predicted molar refractivity (Wildman–Crippen MR) is 174 cm³/mol. The van der Waals surface area contributed by atoms with Gasteiger partial charge in [-0.3, -0.25) is 4.79 Å². The number of esters is 2. The largest absolute Gasteiger partial charge is 0.478 e. The van der Waals surface area contributed by atoms with Gasteiger partial charge in [-0.05, 0) is 32.1 Å². The summed E-state index contributed by atoms with van der Waals surface area (Å²) in [5.41, 5.74) is -0.449. The van der Waals surface area contributed by atoms with Crippen molar-refractivity contribution in [3.8, 4) is 0 Å². The number of hydrogen-bond acceptors (Lipinski definition) is 7. The number of hydrogen-bond donors (Lipinski definition) is 3. The Hall–Kier alpha value is -1.93. The smallest absolute Gasteiger partial charge is 0.331 e. The highest BCUT2D eigenvalue weighted by Gasteiger charge is 2.29. The van der Waals surface area contributed by atoms with E-state index in [0.29, 0.717) is 6.42 Å². The number of aliphatic carboxylic acids is 1. The van der Waals surface area contributed by atoms with Crippen LogP contribution in [0, 0.1) is 0 Å². The molecule has 0 saturated heterocycles. The Morgan fingerprint density at radius 3 is 1.53 bits per heavy atom. The number of carbonyl (C=O) groups is 3. The van der Waals surface area contributed by atoms with Gasteiger partial charge >= 0.3 is 17.9 Å². The number of carbonyl (C=O) groups excluding carboxylic acids is 2. The fourth-order valence-corrected chi connectivity index (χ4v) is 4.84. The van der Waals surface area contributed by atoms with Gasteiger partial charge in [0.05, 0.1) is 6.61 Å². The number of aliphatic hydroxyl groups is 2. The number of rotatable bonds is 28. The molecule has 0 aliphatic rings. The predicted octanol–water partition coefficient (Wildman–Crippen LogP) is 8.45. The van der Waals surface area contributed by atoms with Crippen LogP contribution in [0.5, 0.6) is 0 Å². The van der Waals surface area contributed by atoms with Crippen molar-refractivity contribution >= 4 is 17.9 Å². The van der Waals surface area contributed by atoms with E-state index in [1.54, 1.807) is 0 Å². The second-order valence-corrected chi connectivity index (χ2v) is 11.7. The molecule has 8 nitrogen and oxygen atoms in total. The van der Waals surface area contributed by atoms with Gasteiger partial charge in [0.1, 0.15) is 18.3 Å². The summed E-state index contributed by atoms with van der Waals surface area (Å²) in [5, 5.41) is 26.2. The van der Waals surface area contributed by atoms with Crippen LogP contribution in [-0.2, 0) is 23.9 Å². The summed E-state index contributed by atoms with van der Waals surface area (Å²) in [6.07, 6.45) is 26.4. The number of ether oxygens (including phenoxy) is 2. The van der Waals surface area contributed by atoms with Crippen LogP contribution < -0.4 is 0 Å². The van der Waals surface area contributed by atoms with Crippen molar-refractivity contribution in [1.29, 1.82) is 0 Å². The van der Waals surface area contributed by atoms with Gasteiger partial charge in [0, 0.05) is 18.6 Å². The average molecular weight is 615 g/mol. The molecule has 0 saturated carbocycles. The average Bonchev–Trinajstić information content (AvgIpc) is 3.00. The van der Waals surface area contributed by atoms with E-state index in [-0.39, 0.29) is 19.2 Å². The molecule has 0 bridgehead atoms. The maximum atomic E-state index is 11.5. The molecule has 8 heteroatoms. The third-order valence-electron chi connectivity index (χ3n) is 7.84. The molecule has 0 aliphatic heterocycles. The Bertz CT molecular complexity index is 687. The van der Waals surface area contributed by atoms with Gasteiger partial charge in [-0.1, -0.05) is 130 Å². The number of unbranched alkanes of at least 4 members (excludes halogenated alkanes) is 16. The molecule has 0 fully saturated rings. The van der Waals surface area contributed by atoms with E-state index in [1.807, 2.05) is 13.8 Å². The third-order valence-corrected chi connectivity index (χ3v) is 7.84. The second-order valence-electron chi connectivity index (χ2n) is 11.7. The van der Waals surface area contributed by atoms with Crippen LogP contribution in [0.15, 0.2) is 12.2 Å². The van der Waals surface area contributed by atoms with Crippen LogP contribution in [0.2, 0.25) is 0 Å². The Labute approximate surface area is 263 Å². The summed E-state index contributed by atoms with van der Waals surface area (Å²) < 4.78 is 10.3. The maximum Gasteiger partial charge on any atom is 0.331 e. The van der Waals surface area contributed by atoms with E-state index in [0.717, 1.165) is 63.5 Å². The van der Waals surface area contributed by atoms with Crippen LogP contribution in [0.1, 0.15) is 169 Å². The highest BCUT2D eigenvalue weighted by Crippen LogP contribution is 2.27. The van der Waals surface area contributed by atoms with E-state index in [9.17, 15) is 14.4 Å². The number of carboxylic acid groups (broad SMARTS) is 1. The molecule has 0 aromatic carbocycles. The van der Waals surface area contributed by atoms with Gasteiger partial charge in [0.25, 0.3) is 0 Å². The minimum absolute atomic E-state index is 0.103. The van der Waals surface area contributed by atoms with Crippen molar-refractivity contribution in [2.75, 3.05) is 13.2 Å². The molecule has 43 heavy (non-hydrogen) atoms. The van der Waals surface area contributed by atoms with E-state index in [4.69, 9.17) is 24.8 Å². The molecular formula is C35H66O8. The first-order valence-corrected chi connectivity index (χ1v) is 17.3. The first-order chi connectivity index (χ1) is 20.7. The van der Waals surface area contributed by atoms with Crippen molar-refractivity contribution in [1.82, 2.24) is 0 Å². The quantitative estimate of drug-likeness (QED) is 0.0454. The lowest BCUT2D eigenvalue weighted by molar-refractivity contribution is -0.155. The van der Waals surface area contributed by atoms with Gasteiger partial charge in [-0.2, -0.15) is 0 Å². The van der Waals surface area contributed by atoms with Gasteiger partial charge < -0.3 is 24.8 Å². The lowest BCUT2D eigenvalue weighted by Crippen LogP contribution is -2.33. The summed E-state index contributed by atoms with van der Waals surface area (Å²) in [5.74, 6) is -1.99. The minimum atomic E-state index is -1.14. The lowest BCUT2D eigenvalue weighted by Gasteiger charge is -2.31. The molecule has 0 rings (SSSR count). The summed E-state index contributed by atoms with van der Waals surface area (Å²) in [6, 6.07) is 0. The Kier molecular flexibility index (Phi) is 31.6. The minimum Gasteiger partial charge on any atom is -0.478 e. The maximum absolute atomic E-state index is 11.5. The van der Waals surface area contributed by atoms with Crippen molar-refractivity contribution < 1.29 is 39.2 Å². The zero-order valence-corrected chi connectivity index (χ0v) is 28.1. The third kappa shape index (κ3) is 29.9. The Balaban J connectivity index is 0. The fraction of sp³-hybridized carbons (Fsp3) is 0.857. The highest BCUT2D eigenvalue weighted by atomic mass is 16.6. The van der Waals surface area contributed by atoms with Crippen LogP contribution in [0.25, 0.3) is 0 Å². The van der Waals surface area contributed by atoms with E-state index in [2.05, 4.69) is 13.8 Å². The molecule has 0 aromatic rings. The SMILES string of the molecule is CCCCCC(CC)(CC)OC(=O)/C=C\C(=O)O.CCCCCCCCCCCCCCCCCC(=O)OCC(O)CO. The van der Waals surface area contributed by atoms with Crippen molar-refractivity contribution in [2.45, 2.75) is 181 Å². The number of carboxylic acids is 1. The molecule has 0 aliphatic carbocycles. The molecule has 254 valence electrons. The molecule has 1 atom stereocenters. The Morgan fingerprint density at radius 2 is 1.12 bits per heavy atom. The standard InChI is InChI=1S/C21H42O4.C14H24O4/c1-2-3-4-5-6-7-8-9-10-11-12-13-14-15-16-17-21(24)25-19-20(23)18-22;1-4-7-8-11-14(5-2,6-3)18-13(17)10-9-12(15)16/h20,22-23H,2-19H2,1H3;9-10H,4-8,11H2,1-3H3,(H,15,16)/b;10-9-. The molecular weight excluding hydrogens is 548 g/mol. The van der Waals surface area contributed by atoms with Crippen molar-refractivity contribution in [3.05, 3.63) is 12.2 Å². The number of aliphatic hydroxyl groups excluding tert-OH is 2. The second kappa shape index (κ2) is 31.5. The zero-order valence-electron chi connectivity index (χ0n) is 28.1. The van der Waals surface area contributed by atoms with Crippen LogP contribution in [0.4, 0.5) is 0 Å². The first-order valence-electron chi connectivity index (χ1n) is 17.3. The van der Waals surface area contributed by atoms with E-state index < -0.39 is 23.6 Å². The highest BCUT2D eigenvalue weighted by molar-refractivity contribution is 5.90. The van der Waals surface area contributed by atoms with Gasteiger partial charge in [-0.15, -0.1) is 0 Å². The van der Waals surface area contributed by atoms with Crippen molar-refractivity contribution in [3.63, 3.8) is 0 Å². The normalized spacial score (nSPS) is 12.0. The molecule has 3 N–H and O–H groups in total. The molecule has 0 radical (unpaired) electrons. The topological polar surface area (TPSA) is 130 Å². The van der Waals surface area contributed by atoms with Crippen LogP contribution >= 0.6 is 0 Å². The summed E-state index contributed by atoms with van der Waals surface area (Å²) in [4.78, 5) is 33.2. The molecule has 0 spiro atoms. The van der Waals surface area contributed by atoms with Gasteiger partial charge in [0.2, 0.25) is 0 Å². The van der Waals surface area contributed by atoms with Crippen LogP contribution in [-0.4, -0.2) is 58.1 Å². The monoisotopic (exact) mass is 614 g/mol. The molecule has 0 amide bonds. The summed E-state index contributed by atoms with van der Waals surface area (Å²) in [6.45, 7) is 7.90. The van der Waals surface area contributed by atoms with E-state index in [1.165, 1.54) is 83.5 Å². The lowest BCUT2D eigenvalue weighted by atomic mass is 9.90. The van der Waals surface area contributed by atoms with Crippen molar-refractivity contribution in [2.24, 2.45) is 0 Å². The van der Waals surface area contributed by atoms with E-state index >= 15 is 0 Å². The molecule has 1 unspecified atom stereocenters. The zero-order chi connectivity index (χ0) is 32.6. The molecule has 0 aromatic heterocycles. The van der Waals surface area contributed by atoms with Gasteiger partial charge in [-0.25, -0.2) is 9.59 Å².